The largest absolute Gasteiger partial charge is 0.496 e. The Kier molecular flexibility index (Phi) is 4.61. The van der Waals surface area contributed by atoms with Crippen LogP contribution in [-0.4, -0.2) is 24.5 Å². The predicted molar refractivity (Wildman–Crippen MR) is 67.7 cm³/mol. The second-order valence-electron chi connectivity index (χ2n) is 3.90. The molecule has 0 atom stereocenters. The standard InChI is InChI=1S/C12H18BrNO/c1-9-5-10(2)11(7-14(3)8-13)12(6-9)15-4/h5-6H,7-8H2,1-4H3. The van der Waals surface area contributed by atoms with E-state index in [-0.39, 0.29) is 0 Å². The molecule has 1 rings (SSSR count). The Morgan fingerprint density at radius 2 is 2.00 bits per heavy atom. The first kappa shape index (κ1) is 12.5. The van der Waals surface area contributed by atoms with Crippen molar-refractivity contribution < 1.29 is 4.74 Å². The molecule has 0 spiro atoms. The monoisotopic (exact) mass is 271 g/mol. The molecule has 0 unspecified atom stereocenters. The number of alkyl halides is 1. The van der Waals surface area contributed by atoms with Crippen LogP contribution in [0.2, 0.25) is 0 Å². The van der Waals surface area contributed by atoms with Gasteiger partial charge in [-0.15, -0.1) is 0 Å². The minimum atomic E-state index is 0.865. The van der Waals surface area contributed by atoms with Gasteiger partial charge in [-0.3, -0.25) is 4.90 Å². The Balaban J connectivity index is 3.04. The first-order valence-corrected chi connectivity index (χ1v) is 6.09. The first-order valence-electron chi connectivity index (χ1n) is 4.97. The second-order valence-corrected chi connectivity index (χ2v) is 4.40. The lowest BCUT2D eigenvalue weighted by Gasteiger charge is -2.18. The third-order valence-corrected chi connectivity index (χ3v) is 3.28. The zero-order valence-electron chi connectivity index (χ0n) is 9.80. The van der Waals surface area contributed by atoms with E-state index in [4.69, 9.17) is 4.74 Å². The Hall–Kier alpha value is -0.540. The van der Waals surface area contributed by atoms with Crippen molar-refractivity contribution in [3.05, 3.63) is 28.8 Å². The Morgan fingerprint density at radius 1 is 1.33 bits per heavy atom. The van der Waals surface area contributed by atoms with E-state index in [2.05, 4.69) is 53.9 Å². The summed E-state index contributed by atoms with van der Waals surface area (Å²) in [6.45, 7) is 5.13. The van der Waals surface area contributed by atoms with Crippen LogP contribution in [0.3, 0.4) is 0 Å². The van der Waals surface area contributed by atoms with Crippen molar-refractivity contribution in [3.8, 4) is 5.75 Å². The number of benzene rings is 1. The molecule has 84 valence electrons. The number of ether oxygens (including phenoxy) is 1. The normalized spacial score (nSPS) is 10.8. The van der Waals surface area contributed by atoms with Gasteiger partial charge in [0.1, 0.15) is 5.75 Å². The summed E-state index contributed by atoms with van der Waals surface area (Å²) in [5.74, 6) is 0.986. The highest BCUT2D eigenvalue weighted by atomic mass is 79.9. The molecule has 1 aromatic rings. The van der Waals surface area contributed by atoms with E-state index in [1.807, 2.05) is 0 Å². The van der Waals surface area contributed by atoms with E-state index in [9.17, 15) is 0 Å². The van der Waals surface area contributed by atoms with Crippen molar-refractivity contribution in [1.82, 2.24) is 4.90 Å². The topological polar surface area (TPSA) is 12.5 Å². The number of halogens is 1. The van der Waals surface area contributed by atoms with E-state index in [1.165, 1.54) is 16.7 Å². The number of nitrogens with zero attached hydrogens (tertiary/aromatic N) is 1. The summed E-state index contributed by atoms with van der Waals surface area (Å²) >= 11 is 3.44. The van der Waals surface area contributed by atoms with Crippen molar-refractivity contribution in [2.75, 3.05) is 19.6 Å². The quantitative estimate of drug-likeness (QED) is 0.617. The second kappa shape index (κ2) is 5.52. The molecule has 0 saturated heterocycles. The van der Waals surface area contributed by atoms with Crippen LogP contribution in [0.5, 0.6) is 5.75 Å². The number of methoxy groups -OCH3 is 1. The SMILES string of the molecule is COc1cc(C)cc(C)c1CN(C)CBr. The molecule has 1 aromatic carbocycles. The van der Waals surface area contributed by atoms with Gasteiger partial charge in [0.15, 0.2) is 0 Å². The number of aryl methyl sites for hydroxylation is 2. The summed E-state index contributed by atoms with van der Waals surface area (Å²) < 4.78 is 5.41. The van der Waals surface area contributed by atoms with E-state index in [0.717, 1.165) is 17.7 Å². The summed E-state index contributed by atoms with van der Waals surface area (Å²) in [4.78, 5) is 2.19. The molecule has 0 heterocycles. The molecule has 15 heavy (non-hydrogen) atoms. The summed E-state index contributed by atoms with van der Waals surface area (Å²) in [6, 6.07) is 4.28. The maximum absolute atomic E-state index is 5.41. The van der Waals surface area contributed by atoms with Gasteiger partial charge in [0, 0.05) is 12.1 Å². The van der Waals surface area contributed by atoms with Crippen LogP contribution < -0.4 is 4.74 Å². The molecule has 0 fully saturated rings. The van der Waals surface area contributed by atoms with Crippen LogP contribution in [0.4, 0.5) is 0 Å². The molecule has 0 radical (unpaired) electrons. The molecule has 0 saturated carbocycles. The first-order chi connectivity index (χ1) is 7.08. The minimum Gasteiger partial charge on any atom is -0.496 e. The molecule has 0 amide bonds. The van der Waals surface area contributed by atoms with Gasteiger partial charge in [-0.25, -0.2) is 0 Å². The summed E-state index contributed by atoms with van der Waals surface area (Å²) in [7, 11) is 3.80. The zero-order valence-corrected chi connectivity index (χ0v) is 11.4. The molecule has 0 aliphatic carbocycles. The average molecular weight is 272 g/mol. The van der Waals surface area contributed by atoms with Crippen LogP contribution in [0.25, 0.3) is 0 Å². The predicted octanol–water partition coefficient (Wildman–Crippen LogP) is 3.10. The van der Waals surface area contributed by atoms with Crippen LogP contribution >= 0.6 is 15.9 Å². The fraction of sp³-hybridized carbons (Fsp3) is 0.500. The van der Waals surface area contributed by atoms with Crippen LogP contribution in [0, 0.1) is 13.8 Å². The van der Waals surface area contributed by atoms with Gasteiger partial charge in [0.25, 0.3) is 0 Å². The number of hydrogen-bond acceptors (Lipinski definition) is 2. The van der Waals surface area contributed by atoms with Gasteiger partial charge in [-0.1, -0.05) is 22.0 Å². The fourth-order valence-electron chi connectivity index (χ4n) is 1.66. The van der Waals surface area contributed by atoms with E-state index in [0.29, 0.717) is 0 Å². The minimum absolute atomic E-state index is 0.865. The fourth-order valence-corrected chi connectivity index (χ4v) is 1.83. The highest BCUT2D eigenvalue weighted by molar-refractivity contribution is 9.09. The Labute approximate surface area is 100 Å². The highest BCUT2D eigenvalue weighted by Crippen LogP contribution is 2.25. The third-order valence-electron chi connectivity index (χ3n) is 2.43. The molecule has 0 bridgehead atoms. The lowest BCUT2D eigenvalue weighted by atomic mass is 10.0. The zero-order chi connectivity index (χ0) is 11.4. The number of rotatable bonds is 4. The van der Waals surface area contributed by atoms with Crippen LogP contribution in [0.15, 0.2) is 12.1 Å². The summed E-state index contributed by atoms with van der Waals surface area (Å²) in [5, 5.41) is 0. The van der Waals surface area contributed by atoms with E-state index >= 15 is 0 Å². The van der Waals surface area contributed by atoms with E-state index < -0.39 is 0 Å². The smallest absolute Gasteiger partial charge is 0.123 e. The van der Waals surface area contributed by atoms with E-state index in [1.54, 1.807) is 7.11 Å². The van der Waals surface area contributed by atoms with Gasteiger partial charge in [0.2, 0.25) is 0 Å². The van der Waals surface area contributed by atoms with Crippen LogP contribution in [-0.2, 0) is 6.54 Å². The van der Waals surface area contributed by atoms with Gasteiger partial charge < -0.3 is 4.74 Å². The molecular formula is C12H18BrNO. The molecule has 2 nitrogen and oxygen atoms in total. The maximum atomic E-state index is 5.41. The van der Waals surface area contributed by atoms with Crippen molar-refractivity contribution in [2.45, 2.75) is 20.4 Å². The lowest BCUT2D eigenvalue weighted by molar-refractivity contribution is 0.363. The maximum Gasteiger partial charge on any atom is 0.123 e. The van der Waals surface area contributed by atoms with Crippen molar-refractivity contribution in [1.29, 1.82) is 0 Å². The molecular weight excluding hydrogens is 254 g/mol. The Bertz CT molecular complexity index is 339. The van der Waals surface area contributed by atoms with Gasteiger partial charge in [0.05, 0.1) is 12.6 Å². The van der Waals surface area contributed by atoms with Gasteiger partial charge in [-0.05, 0) is 38.1 Å². The van der Waals surface area contributed by atoms with Crippen LogP contribution in [0.1, 0.15) is 16.7 Å². The lowest BCUT2D eigenvalue weighted by Crippen LogP contribution is -2.16. The van der Waals surface area contributed by atoms with Crippen molar-refractivity contribution in [3.63, 3.8) is 0 Å². The Morgan fingerprint density at radius 3 is 2.53 bits per heavy atom. The number of hydrogen-bond donors (Lipinski definition) is 0. The van der Waals surface area contributed by atoms with Gasteiger partial charge >= 0.3 is 0 Å². The summed E-state index contributed by atoms with van der Waals surface area (Å²) in [5.41, 5.74) is 4.67. The molecule has 0 aliphatic heterocycles. The highest BCUT2D eigenvalue weighted by Gasteiger charge is 2.09. The molecule has 3 heteroatoms. The third kappa shape index (κ3) is 3.21. The molecule has 0 N–H and O–H groups in total. The molecule has 0 aliphatic rings. The summed E-state index contributed by atoms with van der Waals surface area (Å²) in [6.07, 6.45) is 0. The van der Waals surface area contributed by atoms with Crippen molar-refractivity contribution in [2.24, 2.45) is 0 Å². The average Bonchev–Trinajstić information content (AvgIpc) is 2.21. The van der Waals surface area contributed by atoms with Gasteiger partial charge in [-0.2, -0.15) is 0 Å². The van der Waals surface area contributed by atoms with Crippen molar-refractivity contribution >= 4 is 15.9 Å². The molecule has 0 aromatic heterocycles.